The molecule has 0 bridgehead atoms. The molecule has 0 radical (unpaired) electrons. The molecule has 3 heteroatoms. The Morgan fingerprint density at radius 3 is 2.83 bits per heavy atom. The van der Waals surface area contributed by atoms with Gasteiger partial charge in [-0.2, -0.15) is 0 Å². The van der Waals surface area contributed by atoms with Crippen molar-refractivity contribution in [2.45, 2.75) is 26.2 Å². The van der Waals surface area contributed by atoms with Gasteiger partial charge in [0.25, 0.3) is 0 Å². The molecule has 1 aliphatic heterocycles. The number of hydrogen-bond acceptors (Lipinski definition) is 3. The Hall–Kier alpha value is -1.58. The summed E-state index contributed by atoms with van der Waals surface area (Å²) in [7, 11) is 0. The first kappa shape index (κ1) is 17.8. The van der Waals surface area contributed by atoms with E-state index in [1.807, 2.05) is 6.08 Å². The van der Waals surface area contributed by atoms with E-state index in [0.717, 1.165) is 63.6 Å². The first-order valence-electron chi connectivity index (χ1n) is 8.59. The molecule has 0 atom stereocenters. The largest absolute Gasteiger partial charge is 0.493 e. The standard InChI is InChI=1S/C20H29NO2/c1-3-18(2)20(17-19-9-5-4-6-10-19)23-14-8-7-11-21-12-15-22-16-13-21/h3-6,9,17H,1,7-8,10-16H2,2H3/b19-17-,20-18+. The lowest BCUT2D eigenvalue weighted by molar-refractivity contribution is 0.0364. The Bertz CT molecular complexity index is 494. The Morgan fingerprint density at radius 1 is 1.30 bits per heavy atom. The van der Waals surface area contributed by atoms with Crippen molar-refractivity contribution < 1.29 is 9.47 Å². The highest BCUT2D eigenvalue weighted by Gasteiger charge is 2.09. The third-order valence-electron chi connectivity index (χ3n) is 4.15. The van der Waals surface area contributed by atoms with E-state index in [9.17, 15) is 0 Å². The quantitative estimate of drug-likeness (QED) is 0.384. The minimum absolute atomic E-state index is 0.758. The Kier molecular flexibility index (Phi) is 7.91. The molecule has 0 aromatic rings. The van der Waals surface area contributed by atoms with Crippen LogP contribution in [0.5, 0.6) is 0 Å². The topological polar surface area (TPSA) is 21.7 Å². The van der Waals surface area contributed by atoms with Gasteiger partial charge >= 0.3 is 0 Å². The molecule has 1 heterocycles. The summed E-state index contributed by atoms with van der Waals surface area (Å²) in [6.45, 7) is 11.7. The molecule has 1 aliphatic carbocycles. The van der Waals surface area contributed by atoms with Gasteiger partial charge in [0.05, 0.1) is 19.8 Å². The zero-order valence-electron chi connectivity index (χ0n) is 14.3. The SMILES string of the molecule is C=C/C(C)=C(\C=C1\C=CC=CC1)OCCCCN1CCOCC1. The molecule has 0 N–H and O–H groups in total. The number of allylic oxidation sites excluding steroid dienone is 8. The smallest absolute Gasteiger partial charge is 0.122 e. The summed E-state index contributed by atoms with van der Waals surface area (Å²) in [5, 5.41) is 0. The summed E-state index contributed by atoms with van der Waals surface area (Å²) in [5.41, 5.74) is 2.37. The van der Waals surface area contributed by atoms with E-state index in [-0.39, 0.29) is 0 Å². The Balaban J connectivity index is 1.74. The second kappa shape index (κ2) is 10.2. The third-order valence-corrected chi connectivity index (χ3v) is 4.15. The maximum atomic E-state index is 6.02. The van der Waals surface area contributed by atoms with Gasteiger partial charge in [0.15, 0.2) is 0 Å². The highest BCUT2D eigenvalue weighted by atomic mass is 16.5. The predicted octanol–water partition coefficient (Wildman–Crippen LogP) is 4.02. The van der Waals surface area contributed by atoms with Gasteiger partial charge in [0, 0.05) is 13.1 Å². The summed E-state index contributed by atoms with van der Waals surface area (Å²) in [6.07, 6.45) is 15.6. The first-order chi connectivity index (χ1) is 11.3. The van der Waals surface area contributed by atoms with Crippen LogP contribution in [-0.4, -0.2) is 44.4 Å². The molecule has 0 saturated carbocycles. The van der Waals surface area contributed by atoms with Crippen LogP contribution in [-0.2, 0) is 9.47 Å². The second-order valence-corrected chi connectivity index (χ2v) is 5.97. The van der Waals surface area contributed by atoms with E-state index >= 15 is 0 Å². The van der Waals surface area contributed by atoms with Crippen molar-refractivity contribution >= 4 is 0 Å². The van der Waals surface area contributed by atoms with Crippen LogP contribution >= 0.6 is 0 Å². The summed E-state index contributed by atoms with van der Waals surface area (Å²) >= 11 is 0. The van der Waals surface area contributed by atoms with Gasteiger partial charge in [0.1, 0.15) is 5.76 Å². The van der Waals surface area contributed by atoms with E-state index in [0.29, 0.717) is 0 Å². The average molecular weight is 315 g/mol. The van der Waals surface area contributed by atoms with Gasteiger partial charge < -0.3 is 9.47 Å². The molecule has 0 amide bonds. The van der Waals surface area contributed by atoms with Crippen molar-refractivity contribution in [2.75, 3.05) is 39.5 Å². The maximum Gasteiger partial charge on any atom is 0.122 e. The number of unbranched alkanes of at least 4 members (excludes halogenated alkanes) is 1. The van der Waals surface area contributed by atoms with E-state index in [4.69, 9.17) is 9.47 Å². The predicted molar refractivity (Wildman–Crippen MR) is 96.3 cm³/mol. The summed E-state index contributed by atoms with van der Waals surface area (Å²) < 4.78 is 11.4. The number of morpholine rings is 1. The molecule has 3 nitrogen and oxygen atoms in total. The van der Waals surface area contributed by atoms with Gasteiger partial charge in [-0.15, -0.1) is 0 Å². The minimum Gasteiger partial charge on any atom is -0.493 e. The van der Waals surface area contributed by atoms with Crippen LogP contribution in [0.2, 0.25) is 0 Å². The number of nitrogens with zero attached hydrogens (tertiary/aromatic N) is 1. The van der Waals surface area contributed by atoms with Gasteiger partial charge in [-0.3, -0.25) is 4.90 Å². The van der Waals surface area contributed by atoms with Crippen LogP contribution in [0, 0.1) is 0 Å². The van der Waals surface area contributed by atoms with E-state index in [1.165, 1.54) is 12.0 Å². The molecule has 0 aromatic heterocycles. The van der Waals surface area contributed by atoms with Gasteiger partial charge in [-0.05, 0) is 50.0 Å². The molecule has 2 rings (SSSR count). The van der Waals surface area contributed by atoms with Crippen LogP contribution in [0.1, 0.15) is 26.2 Å². The molecule has 1 fully saturated rings. The second-order valence-electron chi connectivity index (χ2n) is 5.97. The summed E-state index contributed by atoms with van der Waals surface area (Å²) in [6, 6.07) is 0. The fraction of sp³-hybridized carbons (Fsp3) is 0.500. The number of ether oxygens (including phenoxy) is 2. The Labute approximate surface area is 140 Å². The monoisotopic (exact) mass is 315 g/mol. The molecule has 2 aliphatic rings. The Morgan fingerprint density at radius 2 is 2.13 bits per heavy atom. The molecule has 0 unspecified atom stereocenters. The molecule has 23 heavy (non-hydrogen) atoms. The number of rotatable bonds is 8. The van der Waals surface area contributed by atoms with Crippen molar-refractivity contribution in [3.05, 3.63) is 59.9 Å². The zero-order valence-corrected chi connectivity index (χ0v) is 14.3. The van der Waals surface area contributed by atoms with Crippen LogP contribution in [0.15, 0.2) is 59.9 Å². The lowest BCUT2D eigenvalue weighted by Gasteiger charge is -2.26. The fourth-order valence-electron chi connectivity index (χ4n) is 2.62. The van der Waals surface area contributed by atoms with Gasteiger partial charge in [0.2, 0.25) is 0 Å². The van der Waals surface area contributed by atoms with E-state index in [1.54, 1.807) is 0 Å². The fourth-order valence-corrected chi connectivity index (χ4v) is 2.62. The summed E-state index contributed by atoms with van der Waals surface area (Å²) in [4.78, 5) is 2.47. The molecular weight excluding hydrogens is 286 g/mol. The molecular formula is C20H29NO2. The molecule has 0 aromatic carbocycles. The highest BCUT2D eigenvalue weighted by Crippen LogP contribution is 2.17. The zero-order chi connectivity index (χ0) is 16.3. The van der Waals surface area contributed by atoms with Crippen molar-refractivity contribution in [1.29, 1.82) is 0 Å². The summed E-state index contributed by atoms with van der Waals surface area (Å²) in [5.74, 6) is 0.946. The highest BCUT2D eigenvalue weighted by molar-refractivity contribution is 5.37. The molecule has 1 saturated heterocycles. The lowest BCUT2D eigenvalue weighted by atomic mass is 10.1. The lowest BCUT2D eigenvalue weighted by Crippen LogP contribution is -2.36. The van der Waals surface area contributed by atoms with Gasteiger partial charge in [-0.25, -0.2) is 0 Å². The first-order valence-corrected chi connectivity index (χ1v) is 8.59. The maximum absolute atomic E-state index is 6.02. The average Bonchev–Trinajstić information content (AvgIpc) is 2.61. The third kappa shape index (κ3) is 6.59. The van der Waals surface area contributed by atoms with Crippen LogP contribution < -0.4 is 0 Å². The van der Waals surface area contributed by atoms with Crippen molar-refractivity contribution in [3.63, 3.8) is 0 Å². The van der Waals surface area contributed by atoms with Gasteiger partial charge in [-0.1, -0.05) is 37.0 Å². The molecule has 126 valence electrons. The van der Waals surface area contributed by atoms with Crippen molar-refractivity contribution in [1.82, 2.24) is 4.90 Å². The van der Waals surface area contributed by atoms with Crippen LogP contribution in [0.3, 0.4) is 0 Å². The minimum atomic E-state index is 0.758. The van der Waals surface area contributed by atoms with Crippen molar-refractivity contribution in [3.8, 4) is 0 Å². The number of hydrogen-bond donors (Lipinski definition) is 0. The van der Waals surface area contributed by atoms with Crippen LogP contribution in [0.25, 0.3) is 0 Å². The van der Waals surface area contributed by atoms with E-state index in [2.05, 4.69) is 48.8 Å². The molecule has 0 spiro atoms. The van der Waals surface area contributed by atoms with Crippen LogP contribution in [0.4, 0.5) is 0 Å². The van der Waals surface area contributed by atoms with Crippen molar-refractivity contribution in [2.24, 2.45) is 0 Å². The normalized spacial score (nSPS) is 21.3. The van der Waals surface area contributed by atoms with E-state index < -0.39 is 0 Å².